The van der Waals surface area contributed by atoms with Gasteiger partial charge >= 0.3 is 5.97 Å². The van der Waals surface area contributed by atoms with Crippen LogP contribution in [0.25, 0.3) is 0 Å². The first-order chi connectivity index (χ1) is 6.97. The lowest BCUT2D eigenvalue weighted by Gasteiger charge is -2.11. The second kappa shape index (κ2) is 4.46. The summed E-state index contributed by atoms with van der Waals surface area (Å²) in [5, 5.41) is 8.56. The number of halogens is 2. The molecule has 0 saturated heterocycles. The van der Waals surface area contributed by atoms with Gasteiger partial charge in [0.2, 0.25) is 0 Å². The molecule has 0 aromatic heterocycles. The number of ether oxygens (including phenoxy) is 1. The van der Waals surface area contributed by atoms with E-state index in [0.717, 1.165) is 6.07 Å². The van der Waals surface area contributed by atoms with Crippen LogP contribution in [-0.4, -0.2) is 18.2 Å². The van der Waals surface area contributed by atoms with E-state index in [1.54, 1.807) is 0 Å². The van der Waals surface area contributed by atoms with Crippen LogP contribution >= 0.6 is 11.6 Å². The average molecular weight is 234 g/mol. The van der Waals surface area contributed by atoms with E-state index in [0.29, 0.717) is 0 Å². The first-order valence-electron chi connectivity index (χ1n) is 3.98. The fourth-order valence-corrected chi connectivity index (χ4v) is 1.41. The molecule has 0 aliphatic carbocycles. The molecule has 6 heteroatoms. The first-order valence-corrected chi connectivity index (χ1v) is 4.36. The molecule has 1 unspecified atom stereocenters. The van der Waals surface area contributed by atoms with Crippen molar-refractivity contribution in [1.82, 2.24) is 0 Å². The van der Waals surface area contributed by atoms with Crippen LogP contribution in [0.5, 0.6) is 5.75 Å². The summed E-state index contributed by atoms with van der Waals surface area (Å²) in [4.78, 5) is 10.6. The first kappa shape index (κ1) is 11.7. The predicted molar refractivity (Wildman–Crippen MR) is 52.5 cm³/mol. The Labute approximate surface area is 90.4 Å². The standard InChI is InChI=1S/C9H9ClFNO3/c1-15-4-2-5(10)7(6(11)3-4)8(12)9(13)14/h2-3,8H,12H2,1H3,(H,13,14). The third-order valence-corrected chi connectivity index (χ3v) is 2.18. The van der Waals surface area contributed by atoms with Crippen LogP contribution in [0.2, 0.25) is 5.02 Å². The van der Waals surface area contributed by atoms with Gasteiger partial charge < -0.3 is 15.6 Å². The van der Waals surface area contributed by atoms with E-state index in [1.165, 1.54) is 13.2 Å². The largest absolute Gasteiger partial charge is 0.497 e. The molecular weight excluding hydrogens is 225 g/mol. The Balaban J connectivity index is 3.25. The van der Waals surface area contributed by atoms with Crippen molar-refractivity contribution >= 4 is 17.6 Å². The predicted octanol–water partition coefficient (Wildman–Crippen LogP) is 1.57. The Kier molecular flexibility index (Phi) is 3.49. The fourth-order valence-electron chi connectivity index (χ4n) is 1.10. The molecular formula is C9H9ClFNO3. The fraction of sp³-hybridized carbons (Fsp3) is 0.222. The summed E-state index contributed by atoms with van der Waals surface area (Å²) in [6, 6.07) is 0.857. The zero-order chi connectivity index (χ0) is 11.6. The van der Waals surface area contributed by atoms with Gasteiger partial charge in [0, 0.05) is 11.6 Å². The van der Waals surface area contributed by atoms with Crippen molar-refractivity contribution in [3.8, 4) is 5.75 Å². The SMILES string of the molecule is COc1cc(F)c(C(N)C(=O)O)c(Cl)c1. The molecule has 0 bridgehead atoms. The summed E-state index contributed by atoms with van der Waals surface area (Å²) in [6.45, 7) is 0. The van der Waals surface area contributed by atoms with Crippen LogP contribution in [0.4, 0.5) is 4.39 Å². The molecule has 15 heavy (non-hydrogen) atoms. The van der Waals surface area contributed by atoms with Gasteiger partial charge in [0.25, 0.3) is 0 Å². The molecule has 0 amide bonds. The van der Waals surface area contributed by atoms with Crippen molar-refractivity contribution in [1.29, 1.82) is 0 Å². The maximum atomic E-state index is 13.4. The molecule has 1 aromatic rings. The van der Waals surface area contributed by atoms with E-state index in [2.05, 4.69) is 0 Å². The Hall–Kier alpha value is -1.33. The Morgan fingerprint density at radius 3 is 2.67 bits per heavy atom. The zero-order valence-electron chi connectivity index (χ0n) is 7.83. The van der Waals surface area contributed by atoms with Gasteiger partial charge in [0.05, 0.1) is 12.1 Å². The maximum Gasteiger partial charge on any atom is 0.325 e. The number of benzene rings is 1. The Morgan fingerprint density at radius 2 is 2.27 bits per heavy atom. The molecule has 0 saturated carbocycles. The van der Waals surface area contributed by atoms with Gasteiger partial charge in [-0.15, -0.1) is 0 Å². The van der Waals surface area contributed by atoms with Gasteiger partial charge in [-0.2, -0.15) is 0 Å². The average Bonchev–Trinajstić information content (AvgIpc) is 2.16. The summed E-state index contributed by atoms with van der Waals surface area (Å²) < 4.78 is 18.2. The van der Waals surface area contributed by atoms with E-state index in [4.69, 9.17) is 27.2 Å². The van der Waals surface area contributed by atoms with E-state index >= 15 is 0 Å². The molecule has 1 atom stereocenters. The summed E-state index contributed by atoms with van der Waals surface area (Å²) >= 11 is 5.69. The Morgan fingerprint density at radius 1 is 1.67 bits per heavy atom. The topological polar surface area (TPSA) is 72.5 Å². The number of methoxy groups -OCH3 is 1. The van der Waals surface area contributed by atoms with Crippen molar-refractivity contribution in [3.05, 3.63) is 28.5 Å². The molecule has 0 heterocycles. The summed E-state index contributed by atoms with van der Waals surface area (Å²) in [6.07, 6.45) is 0. The normalized spacial score (nSPS) is 12.3. The number of carboxylic acids is 1. The number of carbonyl (C=O) groups is 1. The molecule has 0 aliphatic heterocycles. The second-order valence-corrected chi connectivity index (χ2v) is 3.23. The third kappa shape index (κ3) is 2.37. The van der Waals surface area contributed by atoms with Crippen LogP contribution in [0.15, 0.2) is 12.1 Å². The highest BCUT2D eigenvalue weighted by Crippen LogP contribution is 2.29. The highest BCUT2D eigenvalue weighted by molar-refractivity contribution is 6.31. The highest BCUT2D eigenvalue weighted by atomic mass is 35.5. The van der Waals surface area contributed by atoms with Crippen molar-refractivity contribution in [2.75, 3.05) is 7.11 Å². The van der Waals surface area contributed by atoms with Gasteiger partial charge in [-0.25, -0.2) is 4.39 Å². The van der Waals surface area contributed by atoms with E-state index in [1.807, 2.05) is 0 Å². The van der Waals surface area contributed by atoms with Gasteiger partial charge in [-0.3, -0.25) is 4.79 Å². The van der Waals surface area contributed by atoms with Gasteiger partial charge in [-0.05, 0) is 6.07 Å². The maximum absolute atomic E-state index is 13.4. The molecule has 1 aromatic carbocycles. The number of carboxylic acid groups (broad SMARTS) is 1. The zero-order valence-corrected chi connectivity index (χ0v) is 8.58. The van der Waals surface area contributed by atoms with E-state index < -0.39 is 17.8 Å². The van der Waals surface area contributed by atoms with Gasteiger partial charge in [0.15, 0.2) is 0 Å². The number of aliphatic carboxylic acids is 1. The molecule has 0 aliphatic rings. The van der Waals surface area contributed by atoms with Crippen molar-refractivity contribution in [2.45, 2.75) is 6.04 Å². The smallest absolute Gasteiger partial charge is 0.325 e. The minimum absolute atomic E-state index is 0.0678. The molecule has 1 rings (SSSR count). The summed E-state index contributed by atoms with van der Waals surface area (Å²) in [5.74, 6) is -1.94. The van der Waals surface area contributed by atoms with Crippen LogP contribution in [-0.2, 0) is 4.79 Å². The van der Waals surface area contributed by atoms with Crippen molar-refractivity contribution < 1.29 is 19.0 Å². The van der Waals surface area contributed by atoms with Crippen LogP contribution in [0.3, 0.4) is 0 Å². The monoisotopic (exact) mass is 233 g/mol. The number of hydrogen-bond donors (Lipinski definition) is 2. The van der Waals surface area contributed by atoms with Crippen LogP contribution in [0, 0.1) is 5.82 Å². The number of nitrogens with two attached hydrogens (primary N) is 1. The minimum Gasteiger partial charge on any atom is -0.497 e. The van der Waals surface area contributed by atoms with Gasteiger partial charge in [0.1, 0.15) is 17.6 Å². The molecule has 0 fully saturated rings. The van der Waals surface area contributed by atoms with Crippen molar-refractivity contribution in [3.63, 3.8) is 0 Å². The minimum atomic E-state index is -1.48. The lowest BCUT2D eigenvalue weighted by atomic mass is 10.1. The number of hydrogen-bond acceptors (Lipinski definition) is 3. The lowest BCUT2D eigenvalue weighted by molar-refractivity contribution is -0.138. The van der Waals surface area contributed by atoms with Crippen molar-refractivity contribution in [2.24, 2.45) is 5.73 Å². The molecule has 0 radical (unpaired) electrons. The molecule has 82 valence electrons. The summed E-state index contributed by atoms with van der Waals surface area (Å²) in [7, 11) is 1.35. The quantitative estimate of drug-likeness (QED) is 0.831. The second-order valence-electron chi connectivity index (χ2n) is 2.82. The molecule has 3 N–H and O–H groups in total. The Bertz CT molecular complexity index is 374. The van der Waals surface area contributed by atoms with Gasteiger partial charge in [-0.1, -0.05) is 11.6 Å². The summed E-state index contributed by atoms with van der Waals surface area (Å²) in [5.41, 5.74) is 5.02. The van der Waals surface area contributed by atoms with Crippen LogP contribution < -0.4 is 10.5 Å². The molecule has 4 nitrogen and oxygen atoms in total. The lowest BCUT2D eigenvalue weighted by Crippen LogP contribution is -2.22. The van der Waals surface area contributed by atoms with Crippen LogP contribution in [0.1, 0.15) is 11.6 Å². The molecule has 0 spiro atoms. The number of rotatable bonds is 3. The highest BCUT2D eigenvalue weighted by Gasteiger charge is 2.22. The van der Waals surface area contributed by atoms with E-state index in [9.17, 15) is 9.18 Å². The van der Waals surface area contributed by atoms with E-state index in [-0.39, 0.29) is 16.3 Å². The third-order valence-electron chi connectivity index (χ3n) is 1.87.